The summed E-state index contributed by atoms with van der Waals surface area (Å²) < 4.78 is 20.1. The first-order chi connectivity index (χ1) is 32.4. The van der Waals surface area contributed by atoms with E-state index in [9.17, 15) is 0 Å². The van der Waals surface area contributed by atoms with Gasteiger partial charge in [-0.05, 0) is 148 Å². The Morgan fingerprint density at radius 1 is 0.455 bits per heavy atom. The molecule has 0 fully saturated rings. The molecule has 7 aromatic carbocycles. The van der Waals surface area contributed by atoms with Crippen LogP contribution in [0, 0.1) is 0 Å². The predicted molar refractivity (Wildman–Crippen MR) is 270 cm³/mol. The number of rotatable bonds is 6. The first kappa shape index (κ1) is 37.3. The number of benzene rings is 7. The molecule has 0 spiro atoms. The highest BCUT2D eigenvalue weighted by Crippen LogP contribution is 2.49. The topological polar surface area (TPSA) is 67.8 Å². The molecule has 0 amide bonds. The number of hydrogen-bond acceptors (Lipinski definition) is 7. The van der Waals surface area contributed by atoms with E-state index in [1.165, 1.54) is 27.5 Å². The van der Waals surface area contributed by atoms with Gasteiger partial charge in [0.25, 0.3) is 6.71 Å². The lowest BCUT2D eigenvalue weighted by atomic mass is 9.32. The van der Waals surface area contributed by atoms with Gasteiger partial charge >= 0.3 is 0 Å². The average Bonchev–Trinajstić information content (AvgIpc) is 3.92. The normalized spacial score (nSPS) is 13.5. The Kier molecular flexibility index (Phi) is 7.75. The minimum Gasteiger partial charge on any atom is -0.458 e. The molecule has 0 aliphatic carbocycles. The molecule has 0 saturated carbocycles. The molecule has 3 aliphatic heterocycles. The summed E-state index contributed by atoms with van der Waals surface area (Å²) in [5.74, 6) is 2.56. The maximum atomic E-state index is 6.91. The molecule has 7 nitrogen and oxygen atoms in total. The lowest BCUT2D eigenvalue weighted by Gasteiger charge is -2.46. The van der Waals surface area contributed by atoms with Crippen LogP contribution in [-0.4, -0.2) is 16.7 Å². The van der Waals surface area contributed by atoms with Crippen molar-refractivity contribution in [1.82, 2.24) is 9.97 Å². The Bertz CT molecular complexity index is 3620. The summed E-state index contributed by atoms with van der Waals surface area (Å²) in [5, 5.41) is 2.09. The van der Waals surface area contributed by atoms with Gasteiger partial charge in [0.05, 0.1) is 0 Å². The highest BCUT2D eigenvalue weighted by molar-refractivity contribution is 7.01. The van der Waals surface area contributed by atoms with Crippen LogP contribution in [0.25, 0.3) is 66.4 Å². The standard InChI is InChI=1S/C58H41BN4O3/c1-32(2)34-20-22-48-42(30-34)55-57(65-48)40(24-26-60-55)36-10-5-12-38(28-36)62-44-14-7-15-45-52(44)59-53-46(62)16-8-18-50(53)64-51-19-9-17-47(54(51)59)63(45)39-13-6-11-37(29-39)41-25-27-61-56-43-31-35(33(3)4)21-23-49(43)66-58(41)56/h5-33H,1-4H3. The average molecular weight is 853 g/mol. The quantitative estimate of drug-likeness (QED) is 0.154. The number of hydrogen-bond donors (Lipinski definition) is 0. The minimum atomic E-state index is -0.0292. The van der Waals surface area contributed by atoms with Crippen LogP contribution in [0.1, 0.15) is 50.7 Å². The second-order valence-electron chi connectivity index (χ2n) is 18.5. The minimum absolute atomic E-state index is 0.0292. The molecular formula is C58H41BN4O3. The third-order valence-corrected chi connectivity index (χ3v) is 14.1. The molecule has 8 heteroatoms. The van der Waals surface area contributed by atoms with Gasteiger partial charge < -0.3 is 23.4 Å². The summed E-state index contributed by atoms with van der Waals surface area (Å²) >= 11 is 0. The zero-order valence-electron chi connectivity index (χ0n) is 36.8. The van der Waals surface area contributed by atoms with Gasteiger partial charge in [-0.2, -0.15) is 0 Å². The molecular weight excluding hydrogens is 811 g/mol. The first-order valence-electron chi connectivity index (χ1n) is 22.9. The Hall–Kier alpha value is -8.10. The number of anilines is 6. The van der Waals surface area contributed by atoms with E-state index in [0.29, 0.717) is 11.8 Å². The molecule has 11 aromatic rings. The summed E-state index contributed by atoms with van der Waals surface area (Å²) in [4.78, 5) is 14.5. The monoisotopic (exact) mass is 852 g/mol. The maximum Gasteiger partial charge on any atom is 0.261 e. The van der Waals surface area contributed by atoms with Crippen LogP contribution >= 0.6 is 0 Å². The fourth-order valence-corrected chi connectivity index (χ4v) is 11.0. The van der Waals surface area contributed by atoms with E-state index in [1.807, 2.05) is 12.4 Å². The molecule has 0 bridgehead atoms. The molecule has 4 aromatic heterocycles. The Morgan fingerprint density at radius 3 is 1.36 bits per heavy atom. The molecule has 7 heterocycles. The Labute approximate surface area is 381 Å². The summed E-state index contributed by atoms with van der Waals surface area (Å²) in [6, 6.07) is 54.4. The summed E-state index contributed by atoms with van der Waals surface area (Å²) in [7, 11) is 0. The highest BCUT2D eigenvalue weighted by Gasteiger charge is 2.48. The van der Waals surface area contributed by atoms with Gasteiger partial charge in [0.2, 0.25) is 0 Å². The molecule has 0 radical (unpaired) electrons. The maximum absolute atomic E-state index is 6.91. The summed E-state index contributed by atoms with van der Waals surface area (Å²) in [6.45, 7) is 8.84. The van der Waals surface area contributed by atoms with E-state index in [-0.39, 0.29) is 6.71 Å². The van der Waals surface area contributed by atoms with Gasteiger partial charge in [-0.3, -0.25) is 9.97 Å². The number of aromatic nitrogens is 2. The van der Waals surface area contributed by atoms with Gasteiger partial charge in [0, 0.05) is 68.4 Å². The third kappa shape index (κ3) is 5.21. The van der Waals surface area contributed by atoms with Crippen molar-refractivity contribution in [3.63, 3.8) is 0 Å². The van der Waals surface area contributed by atoms with Crippen molar-refractivity contribution >= 4 is 101 Å². The van der Waals surface area contributed by atoms with Crippen LogP contribution in [0.3, 0.4) is 0 Å². The van der Waals surface area contributed by atoms with E-state index in [0.717, 1.165) is 112 Å². The fourth-order valence-electron chi connectivity index (χ4n) is 11.0. The SMILES string of the molecule is CC(C)c1ccc2oc3c(-c4cccc(N5c6cccc7c6B6c8c(cccc8N(c8cccc(-c9ccnc%10c9oc9ccc(C(C)C)cc9%10)c8)c8cccc5c86)O7)c4)ccnc3c2c1. The van der Waals surface area contributed by atoms with E-state index < -0.39 is 0 Å². The van der Waals surface area contributed by atoms with E-state index in [2.05, 4.69) is 189 Å². The van der Waals surface area contributed by atoms with Crippen LogP contribution in [-0.2, 0) is 0 Å². The van der Waals surface area contributed by atoms with Crippen molar-refractivity contribution in [1.29, 1.82) is 0 Å². The lowest BCUT2D eigenvalue weighted by molar-refractivity contribution is 0.487. The van der Waals surface area contributed by atoms with E-state index in [4.69, 9.17) is 23.5 Å². The summed E-state index contributed by atoms with van der Waals surface area (Å²) in [6.07, 6.45) is 3.81. The van der Waals surface area contributed by atoms with E-state index >= 15 is 0 Å². The molecule has 0 unspecified atom stereocenters. The number of nitrogens with zero attached hydrogens (tertiary/aromatic N) is 4. The van der Waals surface area contributed by atoms with E-state index in [1.54, 1.807) is 0 Å². The second-order valence-corrected chi connectivity index (χ2v) is 18.5. The Balaban J connectivity index is 0.939. The predicted octanol–water partition coefficient (Wildman–Crippen LogP) is 14.0. The van der Waals surface area contributed by atoms with Crippen LogP contribution in [0.2, 0.25) is 0 Å². The molecule has 3 aliphatic rings. The Morgan fingerprint density at radius 2 is 0.894 bits per heavy atom. The third-order valence-electron chi connectivity index (χ3n) is 14.1. The van der Waals surface area contributed by atoms with Crippen LogP contribution < -0.4 is 30.9 Å². The van der Waals surface area contributed by atoms with Crippen molar-refractivity contribution in [2.24, 2.45) is 0 Å². The molecule has 14 rings (SSSR count). The van der Waals surface area contributed by atoms with Gasteiger partial charge in [0.1, 0.15) is 33.7 Å². The van der Waals surface area contributed by atoms with Gasteiger partial charge in [-0.1, -0.05) is 82.3 Å². The largest absolute Gasteiger partial charge is 0.458 e. The lowest BCUT2D eigenvalue weighted by Crippen LogP contribution is -2.63. The number of ether oxygens (including phenoxy) is 1. The summed E-state index contributed by atoms with van der Waals surface area (Å²) in [5.41, 5.74) is 21.8. The number of fused-ring (bicyclic) bond motifs is 6. The highest BCUT2D eigenvalue weighted by atomic mass is 16.5. The molecule has 314 valence electrons. The fraction of sp³-hybridized carbons (Fsp3) is 0.103. The van der Waals surface area contributed by atoms with Gasteiger partial charge in [-0.25, -0.2) is 0 Å². The zero-order valence-corrected chi connectivity index (χ0v) is 36.8. The van der Waals surface area contributed by atoms with Crippen molar-refractivity contribution in [3.8, 4) is 33.8 Å². The van der Waals surface area contributed by atoms with Crippen molar-refractivity contribution in [3.05, 3.63) is 175 Å². The van der Waals surface area contributed by atoms with Crippen LogP contribution in [0.15, 0.2) is 173 Å². The van der Waals surface area contributed by atoms with Gasteiger partial charge in [-0.15, -0.1) is 0 Å². The van der Waals surface area contributed by atoms with Gasteiger partial charge in [0.15, 0.2) is 11.2 Å². The molecule has 0 saturated heterocycles. The second kappa shape index (κ2) is 13.7. The zero-order chi connectivity index (χ0) is 43.9. The first-order valence-corrected chi connectivity index (χ1v) is 22.9. The molecule has 0 N–H and O–H groups in total. The number of pyridine rings is 2. The number of furan rings is 2. The smallest absolute Gasteiger partial charge is 0.261 e. The van der Waals surface area contributed by atoms with Crippen molar-refractivity contribution in [2.45, 2.75) is 39.5 Å². The van der Waals surface area contributed by atoms with Crippen LogP contribution in [0.4, 0.5) is 34.1 Å². The van der Waals surface area contributed by atoms with Crippen molar-refractivity contribution in [2.75, 3.05) is 9.80 Å². The van der Waals surface area contributed by atoms with Crippen LogP contribution in [0.5, 0.6) is 11.5 Å². The van der Waals surface area contributed by atoms with Crippen molar-refractivity contribution < 1.29 is 13.6 Å². The molecule has 0 atom stereocenters. The molecule has 66 heavy (non-hydrogen) atoms.